The first-order valence-corrected chi connectivity index (χ1v) is 6.20. The van der Waals surface area contributed by atoms with E-state index in [1.807, 2.05) is 12.1 Å². The Morgan fingerprint density at radius 3 is 3.06 bits per heavy atom. The van der Waals surface area contributed by atoms with Crippen LogP contribution < -0.4 is 10.1 Å². The number of rotatable bonds is 4. The van der Waals surface area contributed by atoms with E-state index in [2.05, 4.69) is 10.3 Å². The van der Waals surface area contributed by atoms with Crippen LogP contribution in [0, 0.1) is 0 Å². The Hall–Kier alpha value is -1.13. The van der Waals surface area contributed by atoms with Gasteiger partial charge in [0.25, 0.3) is 0 Å². The first kappa shape index (κ1) is 12.3. The summed E-state index contributed by atoms with van der Waals surface area (Å²) in [6.07, 6.45) is 5.86. The zero-order chi connectivity index (χ0) is 12.1. The molecule has 1 aromatic rings. The fourth-order valence-electron chi connectivity index (χ4n) is 2.27. The highest BCUT2D eigenvalue weighted by Gasteiger charge is 2.22. The van der Waals surface area contributed by atoms with Crippen molar-refractivity contribution in [3.05, 3.63) is 23.9 Å². The van der Waals surface area contributed by atoms with Gasteiger partial charge in [0.1, 0.15) is 0 Å². The van der Waals surface area contributed by atoms with Crippen molar-refractivity contribution in [2.45, 2.75) is 44.4 Å². The van der Waals surface area contributed by atoms with Gasteiger partial charge in [0, 0.05) is 24.8 Å². The molecule has 4 nitrogen and oxygen atoms in total. The van der Waals surface area contributed by atoms with E-state index in [-0.39, 0.29) is 12.1 Å². The summed E-state index contributed by atoms with van der Waals surface area (Å²) in [5.74, 6) is 0.633. The van der Waals surface area contributed by atoms with Crippen LogP contribution in [0.15, 0.2) is 18.3 Å². The number of nitrogens with one attached hydrogen (secondary N) is 1. The lowest BCUT2D eigenvalue weighted by atomic mass is 9.92. The number of aliphatic hydroxyl groups is 1. The van der Waals surface area contributed by atoms with E-state index >= 15 is 0 Å². The van der Waals surface area contributed by atoms with Gasteiger partial charge in [-0.05, 0) is 24.5 Å². The predicted molar refractivity (Wildman–Crippen MR) is 65.9 cm³/mol. The van der Waals surface area contributed by atoms with Crippen molar-refractivity contribution in [2.24, 2.45) is 0 Å². The minimum Gasteiger partial charge on any atom is -0.481 e. The fourth-order valence-corrected chi connectivity index (χ4v) is 2.27. The van der Waals surface area contributed by atoms with Crippen LogP contribution in [0.4, 0.5) is 0 Å². The third kappa shape index (κ3) is 3.41. The van der Waals surface area contributed by atoms with Gasteiger partial charge in [0.05, 0.1) is 13.2 Å². The second-order valence-corrected chi connectivity index (χ2v) is 4.55. The van der Waals surface area contributed by atoms with Gasteiger partial charge in [-0.25, -0.2) is 4.98 Å². The molecule has 1 aliphatic rings. The Morgan fingerprint density at radius 2 is 2.29 bits per heavy atom. The maximum absolute atomic E-state index is 9.85. The molecule has 1 aliphatic carbocycles. The highest BCUT2D eigenvalue weighted by molar-refractivity contribution is 5.20. The Bertz CT molecular complexity index is 357. The number of hydrogen-bond acceptors (Lipinski definition) is 4. The molecule has 2 N–H and O–H groups in total. The zero-order valence-corrected chi connectivity index (χ0v) is 10.2. The molecule has 2 rings (SSSR count). The van der Waals surface area contributed by atoms with Crippen LogP contribution in [-0.4, -0.2) is 29.3 Å². The van der Waals surface area contributed by atoms with E-state index in [1.165, 1.54) is 6.42 Å². The highest BCUT2D eigenvalue weighted by atomic mass is 16.5. The minimum absolute atomic E-state index is 0.201. The van der Waals surface area contributed by atoms with E-state index in [1.54, 1.807) is 13.3 Å². The average molecular weight is 236 g/mol. The van der Waals surface area contributed by atoms with E-state index in [4.69, 9.17) is 4.74 Å². The molecule has 0 aliphatic heterocycles. The van der Waals surface area contributed by atoms with Crippen LogP contribution >= 0.6 is 0 Å². The molecule has 0 bridgehead atoms. The van der Waals surface area contributed by atoms with Crippen LogP contribution in [0.3, 0.4) is 0 Å². The van der Waals surface area contributed by atoms with Crippen molar-refractivity contribution in [1.82, 2.24) is 10.3 Å². The molecule has 1 heterocycles. The molecule has 17 heavy (non-hydrogen) atoms. The monoisotopic (exact) mass is 236 g/mol. The fraction of sp³-hybridized carbons (Fsp3) is 0.615. The lowest BCUT2D eigenvalue weighted by Crippen LogP contribution is -2.41. The van der Waals surface area contributed by atoms with Crippen molar-refractivity contribution in [3.63, 3.8) is 0 Å². The Labute approximate surface area is 102 Å². The number of aliphatic hydroxyl groups excluding tert-OH is 1. The predicted octanol–water partition coefficient (Wildman–Crippen LogP) is 1.48. The molecule has 0 aromatic carbocycles. The molecule has 2 atom stereocenters. The molecule has 0 amide bonds. The summed E-state index contributed by atoms with van der Waals surface area (Å²) in [7, 11) is 1.62. The lowest BCUT2D eigenvalue weighted by Gasteiger charge is -2.28. The van der Waals surface area contributed by atoms with Crippen molar-refractivity contribution < 1.29 is 9.84 Å². The number of nitrogens with zero attached hydrogens (tertiary/aromatic N) is 1. The van der Waals surface area contributed by atoms with Gasteiger partial charge in [-0.3, -0.25) is 0 Å². The van der Waals surface area contributed by atoms with Crippen LogP contribution in [0.1, 0.15) is 31.2 Å². The third-order valence-electron chi connectivity index (χ3n) is 3.31. The summed E-state index contributed by atoms with van der Waals surface area (Å²) in [4.78, 5) is 4.07. The van der Waals surface area contributed by atoms with Gasteiger partial charge in [0.15, 0.2) is 0 Å². The molecular weight excluding hydrogens is 216 g/mol. The summed E-state index contributed by atoms with van der Waals surface area (Å²) in [5, 5.41) is 13.3. The summed E-state index contributed by atoms with van der Waals surface area (Å²) in [6.45, 7) is 0.751. The molecule has 2 unspecified atom stereocenters. The second-order valence-electron chi connectivity index (χ2n) is 4.55. The SMILES string of the molecule is COc1cc(CNC2CCCCC2O)ccn1. The quantitative estimate of drug-likeness (QED) is 0.831. The summed E-state index contributed by atoms with van der Waals surface area (Å²) < 4.78 is 5.08. The van der Waals surface area contributed by atoms with E-state index < -0.39 is 0 Å². The van der Waals surface area contributed by atoms with E-state index in [0.717, 1.165) is 31.4 Å². The standard InChI is InChI=1S/C13H20N2O2/c1-17-13-8-10(6-7-14-13)9-15-11-4-2-3-5-12(11)16/h6-8,11-12,15-16H,2-5,9H2,1H3. The zero-order valence-electron chi connectivity index (χ0n) is 10.2. The second kappa shape index (κ2) is 5.98. The number of pyridine rings is 1. The first-order chi connectivity index (χ1) is 8.29. The third-order valence-corrected chi connectivity index (χ3v) is 3.31. The lowest BCUT2D eigenvalue weighted by molar-refractivity contribution is 0.0902. The van der Waals surface area contributed by atoms with Crippen molar-refractivity contribution in [2.75, 3.05) is 7.11 Å². The van der Waals surface area contributed by atoms with Crippen molar-refractivity contribution in [1.29, 1.82) is 0 Å². The first-order valence-electron chi connectivity index (χ1n) is 6.20. The van der Waals surface area contributed by atoms with Gasteiger partial charge < -0.3 is 15.2 Å². The average Bonchev–Trinajstić information content (AvgIpc) is 2.38. The molecule has 1 fully saturated rings. The molecule has 94 valence electrons. The molecule has 0 spiro atoms. The normalized spacial score (nSPS) is 24.6. The number of aromatic nitrogens is 1. The van der Waals surface area contributed by atoms with Gasteiger partial charge in [-0.2, -0.15) is 0 Å². The summed E-state index contributed by atoms with van der Waals surface area (Å²) >= 11 is 0. The molecule has 1 saturated carbocycles. The maximum atomic E-state index is 9.85. The molecule has 1 aromatic heterocycles. The van der Waals surface area contributed by atoms with Crippen LogP contribution in [-0.2, 0) is 6.54 Å². The smallest absolute Gasteiger partial charge is 0.213 e. The molecular formula is C13H20N2O2. The van der Waals surface area contributed by atoms with Gasteiger partial charge in [-0.15, -0.1) is 0 Å². The van der Waals surface area contributed by atoms with Gasteiger partial charge in [-0.1, -0.05) is 12.8 Å². The topological polar surface area (TPSA) is 54.4 Å². The number of methoxy groups -OCH3 is 1. The Balaban J connectivity index is 1.88. The highest BCUT2D eigenvalue weighted by Crippen LogP contribution is 2.19. The van der Waals surface area contributed by atoms with Crippen molar-refractivity contribution >= 4 is 0 Å². The van der Waals surface area contributed by atoms with Gasteiger partial charge in [0.2, 0.25) is 5.88 Å². The Kier molecular flexibility index (Phi) is 4.34. The molecule has 0 radical (unpaired) electrons. The van der Waals surface area contributed by atoms with E-state index in [0.29, 0.717) is 5.88 Å². The summed E-state index contributed by atoms with van der Waals surface area (Å²) in [5.41, 5.74) is 1.13. The molecule has 4 heteroatoms. The minimum atomic E-state index is -0.201. The molecule has 0 saturated heterocycles. The van der Waals surface area contributed by atoms with Crippen molar-refractivity contribution in [3.8, 4) is 5.88 Å². The van der Waals surface area contributed by atoms with Crippen LogP contribution in [0.5, 0.6) is 5.88 Å². The number of ether oxygens (including phenoxy) is 1. The summed E-state index contributed by atoms with van der Waals surface area (Å²) in [6, 6.07) is 4.11. The Morgan fingerprint density at radius 1 is 1.47 bits per heavy atom. The van der Waals surface area contributed by atoms with Crippen LogP contribution in [0.2, 0.25) is 0 Å². The van der Waals surface area contributed by atoms with Gasteiger partial charge >= 0.3 is 0 Å². The van der Waals surface area contributed by atoms with E-state index in [9.17, 15) is 5.11 Å². The largest absolute Gasteiger partial charge is 0.481 e. The maximum Gasteiger partial charge on any atom is 0.213 e. The number of hydrogen-bond donors (Lipinski definition) is 2. The van der Waals surface area contributed by atoms with Crippen LogP contribution in [0.25, 0.3) is 0 Å².